The van der Waals surface area contributed by atoms with E-state index in [4.69, 9.17) is 9.47 Å². The summed E-state index contributed by atoms with van der Waals surface area (Å²) in [6.45, 7) is 5.27. The monoisotopic (exact) mass is 235 g/mol. The highest BCUT2D eigenvalue weighted by atomic mass is 32.3. The fraction of sp³-hybridized carbons (Fsp3) is 1.00. The van der Waals surface area contributed by atoms with E-state index in [2.05, 4.69) is 17.4 Å². The third kappa shape index (κ3) is 5.76. The number of rotatable bonds is 6. The van der Waals surface area contributed by atoms with Crippen LogP contribution in [0.2, 0.25) is 0 Å². The van der Waals surface area contributed by atoms with Gasteiger partial charge in [0.25, 0.3) is 0 Å². The van der Waals surface area contributed by atoms with Crippen LogP contribution in [-0.4, -0.2) is 69.1 Å². The average molecular weight is 235 g/mol. The highest BCUT2D eigenvalue weighted by molar-refractivity contribution is 8.32. The number of hydrogen-bond acceptors (Lipinski definition) is 3. The number of nitrogens with zero attached hydrogens (tertiary/aromatic N) is 1. The summed E-state index contributed by atoms with van der Waals surface area (Å²) in [5.74, 6) is 2.26. The molecule has 0 aliphatic carbocycles. The van der Waals surface area contributed by atoms with Crippen molar-refractivity contribution in [1.29, 1.82) is 0 Å². The Bertz CT molecular complexity index is 170. The molecule has 0 N–H and O–H groups in total. The van der Waals surface area contributed by atoms with E-state index in [0.29, 0.717) is 0 Å². The standard InChI is InChI=1S/C11H25NO2S/c1-13-11-15(2,3)10-4-5-12-6-8-14-9-7-12/h4-11H2,1-3H3. The first-order valence-electron chi connectivity index (χ1n) is 5.62. The molecule has 1 saturated heterocycles. The van der Waals surface area contributed by atoms with Crippen molar-refractivity contribution in [1.82, 2.24) is 4.90 Å². The van der Waals surface area contributed by atoms with Gasteiger partial charge in [0, 0.05) is 20.2 Å². The van der Waals surface area contributed by atoms with Crippen molar-refractivity contribution < 1.29 is 9.47 Å². The van der Waals surface area contributed by atoms with Crippen molar-refractivity contribution in [3.63, 3.8) is 0 Å². The maximum atomic E-state index is 5.33. The maximum Gasteiger partial charge on any atom is 0.0762 e. The molecule has 0 aromatic heterocycles. The van der Waals surface area contributed by atoms with E-state index < -0.39 is 10.0 Å². The number of methoxy groups -OCH3 is 1. The average Bonchev–Trinajstić information content (AvgIpc) is 2.19. The first kappa shape index (κ1) is 13.3. The first-order chi connectivity index (χ1) is 7.14. The van der Waals surface area contributed by atoms with Crippen LogP contribution in [-0.2, 0) is 9.47 Å². The van der Waals surface area contributed by atoms with Gasteiger partial charge >= 0.3 is 0 Å². The van der Waals surface area contributed by atoms with Gasteiger partial charge in [0.05, 0.1) is 19.2 Å². The van der Waals surface area contributed by atoms with E-state index >= 15 is 0 Å². The molecule has 0 radical (unpaired) electrons. The van der Waals surface area contributed by atoms with Gasteiger partial charge in [0.1, 0.15) is 0 Å². The minimum absolute atomic E-state index is 0.513. The molecule has 4 heteroatoms. The second-order valence-corrected chi connectivity index (χ2v) is 8.86. The van der Waals surface area contributed by atoms with E-state index in [9.17, 15) is 0 Å². The van der Waals surface area contributed by atoms with Crippen molar-refractivity contribution in [3.05, 3.63) is 0 Å². The van der Waals surface area contributed by atoms with Crippen LogP contribution in [0.3, 0.4) is 0 Å². The summed E-state index contributed by atoms with van der Waals surface area (Å²) in [4.78, 5) is 2.51. The molecule has 0 atom stereocenters. The van der Waals surface area contributed by atoms with Crippen molar-refractivity contribution in [2.75, 3.05) is 64.2 Å². The molecule has 3 nitrogen and oxygen atoms in total. The molecule has 1 aliphatic rings. The summed E-state index contributed by atoms with van der Waals surface area (Å²) in [5, 5.41) is 0. The molecular formula is C11H25NO2S. The van der Waals surface area contributed by atoms with E-state index in [-0.39, 0.29) is 0 Å². The lowest BCUT2D eigenvalue weighted by Gasteiger charge is -2.32. The highest BCUT2D eigenvalue weighted by Gasteiger charge is 2.13. The molecule has 0 spiro atoms. The van der Waals surface area contributed by atoms with Crippen LogP contribution in [0.15, 0.2) is 0 Å². The lowest BCUT2D eigenvalue weighted by Crippen LogP contribution is -2.37. The van der Waals surface area contributed by atoms with Gasteiger partial charge in [-0.1, -0.05) is 0 Å². The second-order valence-electron chi connectivity index (χ2n) is 4.69. The van der Waals surface area contributed by atoms with E-state index in [0.717, 1.165) is 32.2 Å². The van der Waals surface area contributed by atoms with Crippen molar-refractivity contribution >= 4 is 10.0 Å². The Morgan fingerprint density at radius 2 is 1.93 bits per heavy atom. The molecule has 0 bridgehead atoms. The van der Waals surface area contributed by atoms with E-state index in [1.54, 1.807) is 7.11 Å². The molecular weight excluding hydrogens is 210 g/mol. The molecule has 0 saturated carbocycles. The van der Waals surface area contributed by atoms with Crippen LogP contribution < -0.4 is 0 Å². The lowest BCUT2D eigenvalue weighted by atomic mass is 10.4. The van der Waals surface area contributed by atoms with Crippen LogP contribution in [0.4, 0.5) is 0 Å². The van der Waals surface area contributed by atoms with Crippen molar-refractivity contribution in [3.8, 4) is 0 Å². The topological polar surface area (TPSA) is 21.7 Å². The highest BCUT2D eigenvalue weighted by Crippen LogP contribution is 2.39. The van der Waals surface area contributed by atoms with Gasteiger partial charge < -0.3 is 9.47 Å². The Balaban J connectivity index is 2.09. The van der Waals surface area contributed by atoms with Crippen LogP contribution in [0.25, 0.3) is 0 Å². The van der Waals surface area contributed by atoms with Gasteiger partial charge in [0.15, 0.2) is 0 Å². The minimum Gasteiger partial charge on any atom is -0.379 e. The molecule has 15 heavy (non-hydrogen) atoms. The van der Waals surface area contributed by atoms with Crippen molar-refractivity contribution in [2.24, 2.45) is 0 Å². The van der Waals surface area contributed by atoms with Gasteiger partial charge in [-0.15, -0.1) is 0 Å². The van der Waals surface area contributed by atoms with Gasteiger partial charge in [-0.2, -0.15) is 0 Å². The molecule has 0 amide bonds. The van der Waals surface area contributed by atoms with Gasteiger partial charge in [-0.3, -0.25) is 4.90 Å². The normalized spacial score (nSPS) is 20.5. The predicted octanol–water partition coefficient (Wildman–Crippen LogP) is 1.38. The molecule has 1 heterocycles. The van der Waals surface area contributed by atoms with E-state index in [1.807, 2.05) is 0 Å². The minimum atomic E-state index is -0.513. The molecule has 0 aromatic rings. The molecule has 1 rings (SSSR count). The van der Waals surface area contributed by atoms with Crippen molar-refractivity contribution in [2.45, 2.75) is 6.42 Å². The molecule has 1 aliphatic heterocycles. The summed E-state index contributed by atoms with van der Waals surface area (Å²) >= 11 is 0. The predicted molar refractivity (Wildman–Crippen MR) is 68.1 cm³/mol. The Kier molecular flexibility index (Phi) is 5.97. The van der Waals surface area contributed by atoms with Crippen LogP contribution in [0.1, 0.15) is 6.42 Å². The van der Waals surface area contributed by atoms with Crippen LogP contribution in [0, 0.1) is 0 Å². The smallest absolute Gasteiger partial charge is 0.0762 e. The van der Waals surface area contributed by atoms with Crippen LogP contribution in [0.5, 0.6) is 0 Å². The largest absolute Gasteiger partial charge is 0.379 e. The number of hydrogen-bond donors (Lipinski definition) is 0. The third-order valence-corrected chi connectivity index (χ3v) is 4.98. The summed E-state index contributed by atoms with van der Waals surface area (Å²) < 4.78 is 10.6. The fourth-order valence-corrected chi connectivity index (χ4v) is 3.55. The number of morpholine rings is 1. The van der Waals surface area contributed by atoms with Crippen LogP contribution >= 0.6 is 10.0 Å². The fourth-order valence-electron chi connectivity index (χ4n) is 1.88. The first-order valence-corrected chi connectivity index (χ1v) is 8.40. The zero-order valence-electron chi connectivity index (χ0n) is 10.3. The quantitative estimate of drug-likeness (QED) is 0.694. The van der Waals surface area contributed by atoms with Gasteiger partial charge in [0.2, 0.25) is 0 Å². The molecule has 92 valence electrons. The Morgan fingerprint density at radius 3 is 2.53 bits per heavy atom. The summed E-state index contributed by atoms with van der Waals surface area (Å²) in [5.41, 5.74) is 0. The molecule has 0 aromatic carbocycles. The second kappa shape index (κ2) is 6.74. The maximum absolute atomic E-state index is 5.33. The third-order valence-electron chi connectivity index (χ3n) is 2.71. The molecule has 1 fully saturated rings. The lowest BCUT2D eigenvalue weighted by molar-refractivity contribution is 0.0381. The summed E-state index contributed by atoms with van der Waals surface area (Å²) in [7, 11) is 1.29. The Morgan fingerprint density at radius 1 is 1.27 bits per heavy atom. The Hall–Kier alpha value is 0.230. The zero-order chi connectivity index (χ0) is 11.1. The van der Waals surface area contributed by atoms with Gasteiger partial charge in [-0.05, 0) is 31.2 Å². The van der Waals surface area contributed by atoms with E-state index in [1.165, 1.54) is 18.7 Å². The summed E-state index contributed by atoms with van der Waals surface area (Å²) in [6, 6.07) is 0. The zero-order valence-corrected chi connectivity index (χ0v) is 11.1. The SMILES string of the molecule is COCS(C)(C)CCCN1CCOCC1. The molecule has 0 unspecified atom stereocenters. The van der Waals surface area contributed by atoms with Gasteiger partial charge in [-0.25, -0.2) is 10.0 Å². The summed E-state index contributed by atoms with van der Waals surface area (Å²) in [6.07, 6.45) is 6.01. The number of ether oxygens (including phenoxy) is 2. The Labute approximate surface area is 95.4 Å².